The lowest BCUT2D eigenvalue weighted by atomic mass is 9.85. The van der Waals surface area contributed by atoms with Crippen molar-refractivity contribution in [2.45, 2.75) is 39.5 Å². The van der Waals surface area contributed by atoms with Crippen molar-refractivity contribution in [3.8, 4) is 0 Å². The summed E-state index contributed by atoms with van der Waals surface area (Å²) < 4.78 is 0. The zero-order chi connectivity index (χ0) is 14.2. The minimum Gasteiger partial charge on any atom is -0.0625 e. The van der Waals surface area contributed by atoms with Crippen molar-refractivity contribution >= 4 is 0 Å². The first-order valence-corrected chi connectivity index (χ1v) is 7.83. The van der Waals surface area contributed by atoms with Crippen molar-refractivity contribution in [1.29, 1.82) is 0 Å². The number of rotatable bonds is 7. The van der Waals surface area contributed by atoms with Gasteiger partial charge in [-0.1, -0.05) is 74.5 Å². The van der Waals surface area contributed by atoms with Crippen LogP contribution in [0, 0.1) is 11.8 Å². The molecule has 106 valence electrons. The third kappa shape index (κ3) is 4.85. The van der Waals surface area contributed by atoms with Crippen LogP contribution in [0.2, 0.25) is 0 Å². The SMILES string of the molecule is CC(C)[C@H](CCCc1ccccc1)Cc1ccccc1. The molecule has 0 saturated carbocycles. The summed E-state index contributed by atoms with van der Waals surface area (Å²) in [4.78, 5) is 0. The van der Waals surface area contributed by atoms with Gasteiger partial charge in [-0.05, 0) is 48.6 Å². The quantitative estimate of drug-likeness (QED) is 0.618. The van der Waals surface area contributed by atoms with Gasteiger partial charge in [0.05, 0.1) is 0 Å². The molecule has 2 aromatic rings. The molecule has 20 heavy (non-hydrogen) atoms. The van der Waals surface area contributed by atoms with Crippen LogP contribution in [-0.2, 0) is 12.8 Å². The standard InChI is InChI=1S/C20H26/c1-17(2)20(16-19-12-7-4-8-13-19)15-9-14-18-10-5-3-6-11-18/h3-8,10-13,17,20H,9,14-16H2,1-2H3/t20-/m1/s1. The van der Waals surface area contributed by atoms with E-state index in [1.54, 1.807) is 0 Å². The van der Waals surface area contributed by atoms with E-state index in [-0.39, 0.29) is 0 Å². The molecule has 0 radical (unpaired) electrons. The molecular weight excluding hydrogens is 240 g/mol. The summed E-state index contributed by atoms with van der Waals surface area (Å²) in [6.45, 7) is 4.71. The summed E-state index contributed by atoms with van der Waals surface area (Å²) in [6.07, 6.45) is 5.04. The fraction of sp³-hybridized carbons (Fsp3) is 0.400. The minimum absolute atomic E-state index is 0.756. The summed E-state index contributed by atoms with van der Waals surface area (Å²) in [5.74, 6) is 1.55. The summed E-state index contributed by atoms with van der Waals surface area (Å²) in [7, 11) is 0. The van der Waals surface area contributed by atoms with Gasteiger partial charge in [-0.3, -0.25) is 0 Å². The van der Waals surface area contributed by atoms with Crippen molar-refractivity contribution in [2.75, 3.05) is 0 Å². The van der Waals surface area contributed by atoms with Gasteiger partial charge in [0, 0.05) is 0 Å². The molecule has 0 saturated heterocycles. The highest BCUT2D eigenvalue weighted by atomic mass is 14.2. The van der Waals surface area contributed by atoms with Gasteiger partial charge < -0.3 is 0 Å². The summed E-state index contributed by atoms with van der Waals surface area (Å²) >= 11 is 0. The molecule has 0 N–H and O–H groups in total. The first-order valence-electron chi connectivity index (χ1n) is 7.83. The fourth-order valence-electron chi connectivity index (χ4n) is 2.80. The van der Waals surface area contributed by atoms with E-state index in [9.17, 15) is 0 Å². The highest BCUT2D eigenvalue weighted by molar-refractivity contribution is 5.16. The Morgan fingerprint density at radius 2 is 1.30 bits per heavy atom. The molecule has 0 bridgehead atoms. The zero-order valence-corrected chi connectivity index (χ0v) is 12.8. The van der Waals surface area contributed by atoms with Crippen molar-refractivity contribution in [3.05, 3.63) is 71.8 Å². The molecule has 0 spiro atoms. The zero-order valence-electron chi connectivity index (χ0n) is 12.8. The molecule has 0 aliphatic heterocycles. The monoisotopic (exact) mass is 266 g/mol. The van der Waals surface area contributed by atoms with Crippen molar-refractivity contribution < 1.29 is 0 Å². The first kappa shape index (κ1) is 14.8. The molecule has 0 nitrogen and oxygen atoms in total. The average molecular weight is 266 g/mol. The van der Waals surface area contributed by atoms with Crippen LogP contribution in [0.4, 0.5) is 0 Å². The van der Waals surface area contributed by atoms with Gasteiger partial charge in [0.2, 0.25) is 0 Å². The Labute approximate surface area is 123 Å². The smallest absolute Gasteiger partial charge is 0.0248 e. The Morgan fingerprint density at radius 3 is 1.85 bits per heavy atom. The third-order valence-electron chi connectivity index (χ3n) is 4.17. The summed E-state index contributed by atoms with van der Waals surface area (Å²) in [5, 5.41) is 0. The molecular formula is C20H26. The van der Waals surface area contributed by atoms with E-state index in [1.165, 1.54) is 36.8 Å². The topological polar surface area (TPSA) is 0 Å². The third-order valence-corrected chi connectivity index (χ3v) is 4.17. The molecule has 0 amide bonds. The van der Waals surface area contributed by atoms with E-state index < -0.39 is 0 Å². The maximum absolute atomic E-state index is 2.36. The highest BCUT2D eigenvalue weighted by Crippen LogP contribution is 2.23. The van der Waals surface area contributed by atoms with Crippen LogP contribution < -0.4 is 0 Å². The maximum atomic E-state index is 2.36. The average Bonchev–Trinajstić information content (AvgIpc) is 2.48. The number of hydrogen-bond donors (Lipinski definition) is 0. The van der Waals surface area contributed by atoms with E-state index in [1.807, 2.05) is 0 Å². The Hall–Kier alpha value is -1.56. The Morgan fingerprint density at radius 1 is 0.750 bits per heavy atom. The minimum atomic E-state index is 0.756. The van der Waals surface area contributed by atoms with Crippen molar-refractivity contribution in [2.24, 2.45) is 11.8 Å². The molecule has 1 atom stereocenters. The second kappa shape index (κ2) is 7.89. The van der Waals surface area contributed by atoms with E-state index in [0.717, 1.165) is 11.8 Å². The molecule has 0 unspecified atom stereocenters. The molecule has 2 rings (SSSR count). The largest absolute Gasteiger partial charge is 0.0625 e. The van der Waals surface area contributed by atoms with Gasteiger partial charge in [-0.15, -0.1) is 0 Å². The number of aryl methyl sites for hydroxylation is 1. The van der Waals surface area contributed by atoms with Crippen LogP contribution in [0.25, 0.3) is 0 Å². The van der Waals surface area contributed by atoms with Crippen LogP contribution in [0.1, 0.15) is 37.8 Å². The summed E-state index contributed by atoms with van der Waals surface area (Å²) in [5.41, 5.74) is 2.95. The van der Waals surface area contributed by atoms with Crippen molar-refractivity contribution in [1.82, 2.24) is 0 Å². The highest BCUT2D eigenvalue weighted by Gasteiger charge is 2.13. The lowest BCUT2D eigenvalue weighted by Crippen LogP contribution is -2.12. The van der Waals surface area contributed by atoms with Gasteiger partial charge in [0.15, 0.2) is 0 Å². The van der Waals surface area contributed by atoms with E-state index in [4.69, 9.17) is 0 Å². The fourth-order valence-corrected chi connectivity index (χ4v) is 2.80. The van der Waals surface area contributed by atoms with E-state index >= 15 is 0 Å². The predicted molar refractivity (Wildman–Crippen MR) is 87.9 cm³/mol. The second-order valence-electron chi connectivity index (χ2n) is 6.07. The lowest BCUT2D eigenvalue weighted by Gasteiger charge is -2.21. The van der Waals surface area contributed by atoms with E-state index in [0.29, 0.717) is 0 Å². The van der Waals surface area contributed by atoms with Crippen LogP contribution in [0.5, 0.6) is 0 Å². The van der Waals surface area contributed by atoms with Gasteiger partial charge >= 0.3 is 0 Å². The van der Waals surface area contributed by atoms with E-state index in [2.05, 4.69) is 74.5 Å². The number of hydrogen-bond acceptors (Lipinski definition) is 0. The summed E-state index contributed by atoms with van der Waals surface area (Å²) in [6, 6.07) is 21.8. The molecule has 2 aromatic carbocycles. The van der Waals surface area contributed by atoms with Crippen LogP contribution in [-0.4, -0.2) is 0 Å². The number of benzene rings is 2. The van der Waals surface area contributed by atoms with Gasteiger partial charge in [0.1, 0.15) is 0 Å². The second-order valence-corrected chi connectivity index (χ2v) is 6.07. The van der Waals surface area contributed by atoms with Crippen LogP contribution in [0.3, 0.4) is 0 Å². The Bertz CT molecular complexity index is 470. The van der Waals surface area contributed by atoms with Crippen molar-refractivity contribution in [3.63, 3.8) is 0 Å². The predicted octanol–water partition coefficient (Wildman–Crippen LogP) is 5.52. The molecule has 0 aliphatic carbocycles. The molecule has 0 heteroatoms. The van der Waals surface area contributed by atoms with Crippen LogP contribution in [0.15, 0.2) is 60.7 Å². The van der Waals surface area contributed by atoms with Gasteiger partial charge in [-0.25, -0.2) is 0 Å². The normalized spacial score (nSPS) is 12.6. The van der Waals surface area contributed by atoms with Gasteiger partial charge in [-0.2, -0.15) is 0 Å². The molecule has 0 heterocycles. The van der Waals surface area contributed by atoms with Gasteiger partial charge in [0.25, 0.3) is 0 Å². The Kier molecular flexibility index (Phi) is 5.86. The van der Waals surface area contributed by atoms with Crippen LogP contribution >= 0.6 is 0 Å². The molecule has 0 fully saturated rings. The molecule has 0 aliphatic rings. The lowest BCUT2D eigenvalue weighted by molar-refractivity contribution is 0.349. The first-order chi connectivity index (χ1) is 9.75. The molecule has 0 aromatic heterocycles. The Balaban J connectivity index is 1.84. The maximum Gasteiger partial charge on any atom is -0.0248 e.